The number of nitrogens with zero attached hydrogens (tertiary/aromatic N) is 1. The van der Waals surface area contributed by atoms with Crippen LogP contribution in [0.2, 0.25) is 0 Å². The van der Waals surface area contributed by atoms with Gasteiger partial charge in [0.05, 0.1) is 11.2 Å². The summed E-state index contributed by atoms with van der Waals surface area (Å²) in [6, 6.07) is 20.8. The van der Waals surface area contributed by atoms with Crippen LogP contribution >= 0.6 is 0 Å². The largest absolute Gasteiger partial charge is 0.385 e. The Bertz CT molecular complexity index is 687. The van der Waals surface area contributed by atoms with Crippen molar-refractivity contribution in [1.82, 2.24) is 4.98 Å². The molecule has 0 spiro atoms. The molecule has 0 saturated carbocycles. The Morgan fingerprint density at radius 3 is 2.47 bits per heavy atom. The van der Waals surface area contributed by atoms with E-state index in [0.717, 1.165) is 29.0 Å². The van der Waals surface area contributed by atoms with Gasteiger partial charge in [-0.3, -0.25) is 0 Å². The molecule has 2 aromatic carbocycles. The number of pyridine rings is 1. The van der Waals surface area contributed by atoms with E-state index < -0.39 is 0 Å². The van der Waals surface area contributed by atoms with Gasteiger partial charge in [0.2, 0.25) is 0 Å². The van der Waals surface area contributed by atoms with Gasteiger partial charge in [-0.15, -0.1) is 0 Å². The van der Waals surface area contributed by atoms with Crippen LogP contribution in [0.1, 0.15) is 6.92 Å². The average molecular weight is 248 g/mol. The van der Waals surface area contributed by atoms with Crippen LogP contribution in [-0.4, -0.2) is 11.5 Å². The van der Waals surface area contributed by atoms with Gasteiger partial charge in [-0.1, -0.05) is 36.4 Å². The zero-order chi connectivity index (χ0) is 13.1. The Morgan fingerprint density at radius 2 is 1.68 bits per heavy atom. The van der Waals surface area contributed by atoms with Crippen molar-refractivity contribution in [2.24, 2.45) is 0 Å². The van der Waals surface area contributed by atoms with E-state index in [1.54, 1.807) is 0 Å². The van der Waals surface area contributed by atoms with Crippen molar-refractivity contribution in [1.29, 1.82) is 0 Å². The van der Waals surface area contributed by atoms with Gasteiger partial charge in [0.15, 0.2) is 0 Å². The van der Waals surface area contributed by atoms with E-state index in [1.165, 1.54) is 5.39 Å². The lowest BCUT2D eigenvalue weighted by atomic mass is 10.1. The van der Waals surface area contributed by atoms with Crippen LogP contribution in [0, 0.1) is 0 Å². The molecule has 3 rings (SSSR count). The summed E-state index contributed by atoms with van der Waals surface area (Å²) < 4.78 is 0. The Morgan fingerprint density at radius 1 is 0.895 bits per heavy atom. The number of hydrogen-bond acceptors (Lipinski definition) is 2. The third-order valence-electron chi connectivity index (χ3n) is 3.16. The number of para-hydroxylation sites is 1. The Kier molecular flexibility index (Phi) is 3.15. The summed E-state index contributed by atoms with van der Waals surface area (Å²) in [7, 11) is 0. The summed E-state index contributed by atoms with van der Waals surface area (Å²) in [4.78, 5) is 4.70. The highest BCUT2D eigenvalue weighted by Gasteiger charge is 2.01. The molecular formula is C17H16N2. The van der Waals surface area contributed by atoms with Crippen molar-refractivity contribution in [2.75, 3.05) is 11.9 Å². The molecule has 0 amide bonds. The quantitative estimate of drug-likeness (QED) is 0.746. The standard InChI is InChI=1S/C17H16N2/c1-2-18-15-10-7-14(8-11-15)17-12-9-13-5-3-4-6-16(13)19-17/h3-12,18H,2H2,1H3. The molecule has 0 fully saturated rings. The summed E-state index contributed by atoms with van der Waals surface area (Å²) in [6.07, 6.45) is 0. The maximum Gasteiger partial charge on any atom is 0.0709 e. The Hall–Kier alpha value is -2.35. The normalized spacial score (nSPS) is 10.6. The molecule has 0 unspecified atom stereocenters. The van der Waals surface area contributed by atoms with Crippen molar-refractivity contribution < 1.29 is 0 Å². The molecule has 94 valence electrons. The summed E-state index contributed by atoms with van der Waals surface area (Å²) in [5, 5.41) is 4.47. The van der Waals surface area contributed by atoms with Gasteiger partial charge in [0.25, 0.3) is 0 Å². The van der Waals surface area contributed by atoms with Gasteiger partial charge in [-0.05, 0) is 31.2 Å². The van der Waals surface area contributed by atoms with Gasteiger partial charge in [-0.2, -0.15) is 0 Å². The molecule has 0 saturated heterocycles. The fourth-order valence-electron chi connectivity index (χ4n) is 2.19. The lowest BCUT2D eigenvalue weighted by Crippen LogP contribution is -1.95. The zero-order valence-corrected chi connectivity index (χ0v) is 10.9. The third-order valence-corrected chi connectivity index (χ3v) is 3.16. The van der Waals surface area contributed by atoms with E-state index in [-0.39, 0.29) is 0 Å². The number of fused-ring (bicyclic) bond motifs is 1. The Labute approximate surface area is 113 Å². The van der Waals surface area contributed by atoms with Gasteiger partial charge < -0.3 is 5.32 Å². The molecule has 1 aromatic heterocycles. The van der Waals surface area contributed by atoms with E-state index in [0.29, 0.717) is 0 Å². The predicted molar refractivity (Wildman–Crippen MR) is 81.3 cm³/mol. The molecule has 19 heavy (non-hydrogen) atoms. The van der Waals surface area contributed by atoms with Crippen molar-refractivity contribution in [3.8, 4) is 11.3 Å². The van der Waals surface area contributed by atoms with E-state index in [4.69, 9.17) is 4.98 Å². The second-order valence-corrected chi connectivity index (χ2v) is 4.50. The minimum absolute atomic E-state index is 0.938. The van der Waals surface area contributed by atoms with E-state index in [2.05, 4.69) is 54.7 Å². The highest BCUT2D eigenvalue weighted by Crippen LogP contribution is 2.22. The van der Waals surface area contributed by atoms with Crippen molar-refractivity contribution in [3.05, 3.63) is 60.7 Å². The summed E-state index contributed by atoms with van der Waals surface area (Å²) in [6.45, 7) is 3.03. The maximum absolute atomic E-state index is 4.70. The number of rotatable bonds is 3. The molecule has 0 atom stereocenters. The maximum atomic E-state index is 4.70. The lowest BCUT2D eigenvalue weighted by molar-refractivity contribution is 1.21. The first-order chi connectivity index (χ1) is 9.36. The SMILES string of the molecule is CCNc1ccc(-c2ccc3ccccc3n2)cc1. The van der Waals surface area contributed by atoms with Gasteiger partial charge >= 0.3 is 0 Å². The molecule has 0 aliphatic heterocycles. The molecule has 2 heteroatoms. The predicted octanol–water partition coefficient (Wildman–Crippen LogP) is 4.33. The number of anilines is 1. The molecule has 0 radical (unpaired) electrons. The van der Waals surface area contributed by atoms with Gasteiger partial charge in [-0.25, -0.2) is 4.98 Å². The van der Waals surface area contributed by atoms with Crippen LogP contribution in [-0.2, 0) is 0 Å². The first-order valence-electron chi connectivity index (χ1n) is 6.57. The highest BCUT2D eigenvalue weighted by atomic mass is 14.8. The second-order valence-electron chi connectivity index (χ2n) is 4.50. The van der Waals surface area contributed by atoms with Gasteiger partial charge in [0, 0.05) is 23.2 Å². The van der Waals surface area contributed by atoms with Crippen LogP contribution in [0.25, 0.3) is 22.2 Å². The Balaban J connectivity index is 1.99. The van der Waals surface area contributed by atoms with E-state index in [9.17, 15) is 0 Å². The summed E-state index contributed by atoms with van der Waals surface area (Å²) in [5.41, 5.74) is 4.34. The minimum Gasteiger partial charge on any atom is -0.385 e. The second kappa shape index (κ2) is 5.11. The fraction of sp³-hybridized carbons (Fsp3) is 0.118. The first-order valence-corrected chi connectivity index (χ1v) is 6.57. The first kappa shape index (κ1) is 11.7. The monoisotopic (exact) mass is 248 g/mol. The fourth-order valence-corrected chi connectivity index (χ4v) is 2.19. The molecule has 1 heterocycles. The van der Waals surface area contributed by atoms with Crippen molar-refractivity contribution in [2.45, 2.75) is 6.92 Å². The molecule has 1 N–H and O–H groups in total. The summed E-state index contributed by atoms with van der Waals surface area (Å²) >= 11 is 0. The molecular weight excluding hydrogens is 232 g/mol. The van der Waals surface area contributed by atoms with Gasteiger partial charge in [0.1, 0.15) is 0 Å². The van der Waals surface area contributed by atoms with Crippen LogP contribution in [0.15, 0.2) is 60.7 Å². The van der Waals surface area contributed by atoms with Crippen molar-refractivity contribution in [3.63, 3.8) is 0 Å². The molecule has 0 aliphatic rings. The number of hydrogen-bond donors (Lipinski definition) is 1. The topological polar surface area (TPSA) is 24.9 Å². The minimum atomic E-state index is 0.938. The molecule has 0 bridgehead atoms. The third kappa shape index (κ3) is 2.43. The highest BCUT2D eigenvalue weighted by molar-refractivity contribution is 5.81. The molecule has 0 aliphatic carbocycles. The van der Waals surface area contributed by atoms with E-state index in [1.807, 2.05) is 18.2 Å². The number of benzene rings is 2. The smallest absolute Gasteiger partial charge is 0.0709 e. The molecule has 2 nitrogen and oxygen atoms in total. The number of aromatic nitrogens is 1. The van der Waals surface area contributed by atoms with E-state index >= 15 is 0 Å². The average Bonchev–Trinajstić information content (AvgIpc) is 2.48. The number of nitrogens with one attached hydrogen (secondary N) is 1. The summed E-state index contributed by atoms with van der Waals surface area (Å²) in [5.74, 6) is 0. The van der Waals surface area contributed by atoms with Crippen molar-refractivity contribution >= 4 is 16.6 Å². The van der Waals surface area contributed by atoms with Crippen LogP contribution in [0.5, 0.6) is 0 Å². The van der Waals surface area contributed by atoms with Crippen LogP contribution in [0.3, 0.4) is 0 Å². The molecule has 3 aromatic rings. The zero-order valence-electron chi connectivity index (χ0n) is 10.9. The van der Waals surface area contributed by atoms with Crippen LogP contribution in [0.4, 0.5) is 5.69 Å². The van der Waals surface area contributed by atoms with Crippen LogP contribution < -0.4 is 5.32 Å². The lowest BCUT2D eigenvalue weighted by Gasteiger charge is -2.06.